The Morgan fingerprint density at radius 1 is 1.33 bits per heavy atom. The smallest absolute Gasteiger partial charge is 0.303 e. The lowest BCUT2D eigenvalue weighted by molar-refractivity contribution is -0.136. The summed E-state index contributed by atoms with van der Waals surface area (Å²) in [4.78, 5) is 14.7. The number of carboxylic acids is 1. The molecule has 1 heterocycles. The van der Waals surface area contributed by atoms with Gasteiger partial charge in [0.05, 0.1) is 12.1 Å². The van der Waals surface area contributed by atoms with Crippen molar-refractivity contribution < 1.29 is 15.0 Å². The lowest BCUT2D eigenvalue weighted by Crippen LogP contribution is -1.97. The maximum Gasteiger partial charge on any atom is 0.303 e. The molecule has 18 heavy (non-hydrogen) atoms. The Labute approximate surface area is 108 Å². The van der Waals surface area contributed by atoms with E-state index in [9.17, 15) is 4.79 Å². The number of rotatable bonds is 5. The molecule has 3 N–H and O–H groups in total. The van der Waals surface area contributed by atoms with Gasteiger partial charge in [0.25, 0.3) is 0 Å². The molecule has 0 aliphatic heterocycles. The molecule has 1 aromatic carbocycles. The minimum atomic E-state index is -0.823. The van der Waals surface area contributed by atoms with Gasteiger partial charge in [-0.2, -0.15) is 0 Å². The summed E-state index contributed by atoms with van der Waals surface area (Å²) in [7, 11) is 0. The first-order chi connectivity index (χ1) is 8.63. The number of aliphatic carboxylic acids is 1. The van der Waals surface area contributed by atoms with Gasteiger partial charge in [0, 0.05) is 17.5 Å². The minimum absolute atomic E-state index is 0.0857. The fourth-order valence-electron chi connectivity index (χ4n) is 1.38. The van der Waals surface area contributed by atoms with E-state index in [1.165, 1.54) is 11.3 Å². The molecule has 2 rings (SSSR count). The summed E-state index contributed by atoms with van der Waals surface area (Å²) < 4.78 is 0. The molecule has 6 heteroatoms. The lowest BCUT2D eigenvalue weighted by Gasteiger charge is -2.01. The number of hydrogen-bond donors (Lipinski definition) is 3. The van der Waals surface area contributed by atoms with Crippen LogP contribution in [-0.4, -0.2) is 21.2 Å². The first-order valence-electron chi connectivity index (χ1n) is 5.36. The van der Waals surface area contributed by atoms with Crippen molar-refractivity contribution in [2.75, 3.05) is 5.32 Å². The standard InChI is InChI=1S/C12H12N2O3S/c15-10-4-1-8(2-5-10)13-12-14-9(7-18-12)3-6-11(16)17/h1-2,4-5,7,15H,3,6H2,(H,13,14)(H,16,17). The Morgan fingerprint density at radius 3 is 2.72 bits per heavy atom. The van der Waals surface area contributed by atoms with Crippen LogP contribution in [0.1, 0.15) is 12.1 Å². The van der Waals surface area contributed by atoms with Crippen LogP contribution in [0.25, 0.3) is 0 Å². The summed E-state index contributed by atoms with van der Waals surface area (Å²) in [6, 6.07) is 6.66. The fraction of sp³-hybridized carbons (Fsp3) is 0.167. The number of phenols is 1. The van der Waals surface area contributed by atoms with Crippen LogP contribution < -0.4 is 5.32 Å². The number of phenolic OH excluding ortho intramolecular Hbond substituents is 1. The molecule has 0 spiro atoms. The second-order valence-corrected chi connectivity index (χ2v) is 4.57. The molecule has 1 aromatic heterocycles. The molecule has 94 valence electrons. The van der Waals surface area contributed by atoms with Gasteiger partial charge < -0.3 is 15.5 Å². The van der Waals surface area contributed by atoms with Gasteiger partial charge in [-0.3, -0.25) is 4.79 Å². The second kappa shape index (κ2) is 5.50. The van der Waals surface area contributed by atoms with Crippen molar-refractivity contribution in [1.82, 2.24) is 4.98 Å². The van der Waals surface area contributed by atoms with Gasteiger partial charge in [-0.25, -0.2) is 4.98 Å². The SMILES string of the molecule is O=C(O)CCc1csc(Nc2ccc(O)cc2)n1. The van der Waals surface area contributed by atoms with Crippen LogP contribution in [0.3, 0.4) is 0 Å². The van der Waals surface area contributed by atoms with Crippen LogP contribution in [-0.2, 0) is 11.2 Å². The fourth-order valence-corrected chi connectivity index (χ4v) is 2.15. The molecule has 0 radical (unpaired) electrons. The van der Waals surface area contributed by atoms with Gasteiger partial charge in [0.2, 0.25) is 0 Å². The molecule has 0 amide bonds. The zero-order valence-corrected chi connectivity index (χ0v) is 10.3. The lowest BCUT2D eigenvalue weighted by atomic mass is 10.2. The Morgan fingerprint density at radius 2 is 2.06 bits per heavy atom. The Kier molecular flexibility index (Phi) is 3.78. The molecule has 0 aliphatic rings. The Balaban J connectivity index is 1.97. The number of benzene rings is 1. The maximum atomic E-state index is 10.4. The highest BCUT2D eigenvalue weighted by molar-refractivity contribution is 7.13. The molecule has 0 unspecified atom stereocenters. The van der Waals surface area contributed by atoms with Crippen molar-refractivity contribution in [2.24, 2.45) is 0 Å². The second-order valence-electron chi connectivity index (χ2n) is 3.71. The predicted molar refractivity (Wildman–Crippen MR) is 69.5 cm³/mol. The third kappa shape index (κ3) is 3.46. The average Bonchev–Trinajstić information content (AvgIpc) is 2.77. The molecular formula is C12H12N2O3S. The molecule has 2 aromatic rings. The van der Waals surface area contributed by atoms with E-state index in [1.807, 2.05) is 5.38 Å². The van der Waals surface area contributed by atoms with Crippen LogP contribution >= 0.6 is 11.3 Å². The van der Waals surface area contributed by atoms with Gasteiger partial charge in [-0.15, -0.1) is 11.3 Å². The van der Waals surface area contributed by atoms with E-state index >= 15 is 0 Å². The van der Waals surface area contributed by atoms with Gasteiger partial charge >= 0.3 is 5.97 Å². The van der Waals surface area contributed by atoms with Crippen LogP contribution in [0.2, 0.25) is 0 Å². The minimum Gasteiger partial charge on any atom is -0.508 e. The summed E-state index contributed by atoms with van der Waals surface area (Å²) in [5.74, 6) is -0.613. The summed E-state index contributed by atoms with van der Waals surface area (Å²) in [5.41, 5.74) is 1.59. The molecule has 0 aliphatic carbocycles. The summed E-state index contributed by atoms with van der Waals surface area (Å²) >= 11 is 1.42. The highest BCUT2D eigenvalue weighted by Gasteiger charge is 2.04. The summed E-state index contributed by atoms with van der Waals surface area (Å²) in [6.07, 6.45) is 0.519. The third-order valence-corrected chi connectivity index (χ3v) is 3.07. The molecule has 5 nitrogen and oxygen atoms in total. The number of aromatic nitrogens is 1. The number of carboxylic acid groups (broad SMARTS) is 1. The predicted octanol–water partition coefficient (Wildman–Crippen LogP) is 2.61. The highest BCUT2D eigenvalue weighted by Crippen LogP contribution is 2.22. The number of thiazole rings is 1. The average molecular weight is 264 g/mol. The number of anilines is 2. The molecular weight excluding hydrogens is 252 g/mol. The third-order valence-electron chi connectivity index (χ3n) is 2.27. The van der Waals surface area contributed by atoms with E-state index in [1.54, 1.807) is 24.3 Å². The number of carbonyl (C=O) groups is 1. The van der Waals surface area contributed by atoms with Crippen molar-refractivity contribution in [3.63, 3.8) is 0 Å². The Bertz CT molecular complexity index is 537. The zero-order valence-electron chi connectivity index (χ0n) is 9.46. The highest BCUT2D eigenvalue weighted by atomic mass is 32.1. The van der Waals surface area contributed by atoms with Crippen molar-refractivity contribution in [3.8, 4) is 5.75 Å². The first-order valence-corrected chi connectivity index (χ1v) is 6.24. The molecule has 0 saturated carbocycles. The normalized spacial score (nSPS) is 10.2. The van der Waals surface area contributed by atoms with Gasteiger partial charge in [0.1, 0.15) is 5.75 Å². The van der Waals surface area contributed by atoms with Crippen molar-refractivity contribution in [3.05, 3.63) is 35.3 Å². The van der Waals surface area contributed by atoms with Crippen molar-refractivity contribution in [2.45, 2.75) is 12.8 Å². The van der Waals surface area contributed by atoms with E-state index in [0.717, 1.165) is 11.4 Å². The largest absolute Gasteiger partial charge is 0.508 e. The molecule has 0 saturated heterocycles. The van der Waals surface area contributed by atoms with Gasteiger partial charge in [-0.1, -0.05) is 0 Å². The van der Waals surface area contributed by atoms with Gasteiger partial charge in [0.15, 0.2) is 5.13 Å². The zero-order chi connectivity index (χ0) is 13.0. The monoisotopic (exact) mass is 264 g/mol. The van der Waals surface area contributed by atoms with E-state index in [-0.39, 0.29) is 12.2 Å². The summed E-state index contributed by atoms with van der Waals surface area (Å²) in [5, 5.41) is 23.4. The molecule has 0 atom stereocenters. The van der Waals surface area contributed by atoms with E-state index in [4.69, 9.17) is 10.2 Å². The maximum absolute atomic E-state index is 10.4. The van der Waals surface area contributed by atoms with Crippen LogP contribution in [0.15, 0.2) is 29.6 Å². The Hall–Kier alpha value is -2.08. The number of aryl methyl sites for hydroxylation is 1. The number of aromatic hydroxyl groups is 1. The summed E-state index contributed by atoms with van der Waals surface area (Å²) in [6.45, 7) is 0. The van der Waals surface area contributed by atoms with Crippen LogP contribution in [0.5, 0.6) is 5.75 Å². The van der Waals surface area contributed by atoms with E-state index in [0.29, 0.717) is 11.6 Å². The van der Waals surface area contributed by atoms with Crippen molar-refractivity contribution in [1.29, 1.82) is 0 Å². The number of nitrogens with one attached hydrogen (secondary N) is 1. The molecule has 0 bridgehead atoms. The van der Waals surface area contributed by atoms with Crippen LogP contribution in [0.4, 0.5) is 10.8 Å². The van der Waals surface area contributed by atoms with Crippen molar-refractivity contribution >= 4 is 28.1 Å². The molecule has 0 fully saturated rings. The van der Waals surface area contributed by atoms with E-state index in [2.05, 4.69) is 10.3 Å². The van der Waals surface area contributed by atoms with Gasteiger partial charge in [-0.05, 0) is 24.3 Å². The van der Waals surface area contributed by atoms with Crippen LogP contribution in [0, 0.1) is 0 Å². The number of nitrogens with zero attached hydrogens (tertiary/aromatic N) is 1. The number of hydrogen-bond acceptors (Lipinski definition) is 5. The first kappa shape index (κ1) is 12.4. The van der Waals surface area contributed by atoms with E-state index < -0.39 is 5.97 Å². The topological polar surface area (TPSA) is 82.5 Å². The quantitative estimate of drug-likeness (QED) is 0.723.